The number of piperazine rings is 1. The molecule has 1 heterocycles. The number of halogens is 2. The molecule has 1 fully saturated rings. The molecule has 0 aliphatic carbocycles. The molecule has 134 valence electrons. The van der Waals surface area contributed by atoms with E-state index in [1.165, 1.54) is 10.5 Å². The lowest BCUT2D eigenvalue weighted by Crippen LogP contribution is -3.13. The van der Waals surface area contributed by atoms with E-state index in [0.717, 1.165) is 38.4 Å². The van der Waals surface area contributed by atoms with Crippen molar-refractivity contribution in [3.05, 3.63) is 63.6 Å². The van der Waals surface area contributed by atoms with E-state index in [-0.39, 0.29) is 0 Å². The molecule has 0 bridgehead atoms. The fourth-order valence-electron chi connectivity index (χ4n) is 3.02. The van der Waals surface area contributed by atoms with Crippen molar-refractivity contribution in [1.82, 2.24) is 4.90 Å². The number of nitriles is 1. The fraction of sp³-hybridized carbons (Fsp3) is 0.263. The summed E-state index contributed by atoms with van der Waals surface area (Å²) in [5, 5.41) is 14.0. The van der Waals surface area contributed by atoms with Crippen LogP contribution >= 0.6 is 35.4 Å². The van der Waals surface area contributed by atoms with Crippen LogP contribution in [0.1, 0.15) is 11.1 Å². The van der Waals surface area contributed by atoms with Crippen molar-refractivity contribution >= 4 is 46.2 Å². The number of benzene rings is 2. The van der Waals surface area contributed by atoms with E-state index in [2.05, 4.69) is 16.3 Å². The van der Waals surface area contributed by atoms with Crippen LogP contribution in [0.4, 0.5) is 5.69 Å². The molecule has 0 aromatic heterocycles. The van der Waals surface area contributed by atoms with Crippen molar-refractivity contribution in [1.29, 1.82) is 5.26 Å². The number of anilines is 1. The highest BCUT2D eigenvalue weighted by Gasteiger charge is 2.22. The third-order valence-corrected chi connectivity index (χ3v) is 5.21. The molecule has 0 atom stereocenters. The Morgan fingerprint density at radius 3 is 2.31 bits per heavy atom. The Bertz CT molecular complexity index is 804. The summed E-state index contributed by atoms with van der Waals surface area (Å²) in [5.74, 6) is 0. The minimum atomic E-state index is 0.583. The van der Waals surface area contributed by atoms with Crippen LogP contribution in [0.3, 0.4) is 0 Å². The van der Waals surface area contributed by atoms with Gasteiger partial charge in [0, 0.05) is 21.3 Å². The van der Waals surface area contributed by atoms with Crippen molar-refractivity contribution < 1.29 is 4.90 Å². The average Bonchev–Trinajstić information content (AvgIpc) is 2.62. The maximum atomic E-state index is 8.87. The van der Waals surface area contributed by atoms with Crippen LogP contribution < -0.4 is 10.2 Å². The lowest BCUT2D eigenvalue weighted by molar-refractivity contribution is -0.917. The van der Waals surface area contributed by atoms with Gasteiger partial charge in [-0.15, -0.1) is 0 Å². The molecule has 0 unspecified atom stereocenters. The minimum absolute atomic E-state index is 0.583. The van der Waals surface area contributed by atoms with Crippen LogP contribution in [0.25, 0.3) is 0 Å². The summed E-state index contributed by atoms with van der Waals surface area (Å²) in [6.07, 6.45) is 0. The summed E-state index contributed by atoms with van der Waals surface area (Å²) < 4.78 is 0. The van der Waals surface area contributed by atoms with Gasteiger partial charge in [0.2, 0.25) is 0 Å². The molecule has 0 saturated carbocycles. The van der Waals surface area contributed by atoms with Crippen LogP contribution in [0.2, 0.25) is 10.0 Å². The molecule has 3 rings (SSSR count). The summed E-state index contributed by atoms with van der Waals surface area (Å²) in [6, 6.07) is 15.3. The second-order valence-electron chi connectivity index (χ2n) is 6.31. The lowest BCUT2D eigenvalue weighted by Gasteiger charge is -2.34. The van der Waals surface area contributed by atoms with Crippen molar-refractivity contribution in [2.24, 2.45) is 0 Å². The van der Waals surface area contributed by atoms with Gasteiger partial charge in [-0.05, 0) is 42.5 Å². The molecule has 0 radical (unpaired) electrons. The lowest BCUT2D eigenvalue weighted by atomic mass is 10.1. The third-order valence-electron chi connectivity index (χ3n) is 4.41. The Labute approximate surface area is 168 Å². The van der Waals surface area contributed by atoms with E-state index in [1.54, 1.807) is 6.07 Å². The number of thiocarbonyl (C=S) groups is 1. The monoisotopic (exact) mass is 405 g/mol. The standard InChI is InChI=1S/C19H18Cl2N4S/c20-16-9-17(21)11-18(10-16)23-19(26)25-7-5-24(6-8-25)13-15-3-1-14(12-22)2-4-15/h1-4,9-11H,5-8,13H2,(H,23,26)/p+1. The molecular formula is C19H19Cl2N4S+. The van der Waals surface area contributed by atoms with Crippen molar-refractivity contribution in [2.75, 3.05) is 31.5 Å². The van der Waals surface area contributed by atoms with Crippen LogP contribution in [0.5, 0.6) is 0 Å². The van der Waals surface area contributed by atoms with Gasteiger partial charge in [0.15, 0.2) is 5.11 Å². The Morgan fingerprint density at radius 1 is 1.12 bits per heavy atom. The number of nitrogens with zero attached hydrogens (tertiary/aromatic N) is 2. The molecule has 2 aromatic rings. The van der Waals surface area contributed by atoms with Crippen molar-refractivity contribution in [3.63, 3.8) is 0 Å². The van der Waals surface area contributed by atoms with Crippen LogP contribution in [0.15, 0.2) is 42.5 Å². The second-order valence-corrected chi connectivity index (χ2v) is 7.57. The summed E-state index contributed by atoms with van der Waals surface area (Å²) in [5.41, 5.74) is 2.76. The Hall–Kier alpha value is -1.84. The van der Waals surface area contributed by atoms with Gasteiger partial charge >= 0.3 is 0 Å². The molecule has 1 aliphatic heterocycles. The predicted octanol–water partition coefficient (Wildman–Crippen LogP) is 2.96. The zero-order valence-electron chi connectivity index (χ0n) is 14.1. The first-order chi connectivity index (χ1) is 12.5. The molecule has 7 heteroatoms. The van der Waals surface area contributed by atoms with E-state index in [4.69, 9.17) is 40.7 Å². The van der Waals surface area contributed by atoms with Gasteiger partial charge in [-0.2, -0.15) is 5.26 Å². The van der Waals surface area contributed by atoms with Crippen LogP contribution in [-0.4, -0.2) is 36.2 Å². The van der Waals surface area contributed by atoms with Crippen molar-refractivity contribution in [2.45, 2.75) is 6.54 Å². The quantitative estimate of drug-likeness (QED) is 0.770. The zero-order valence-corrected chi connectivity index (χ0v) is 16.5. The smallest absolute Gasteiger partial charge is 0.173 e. The maximum absolute atomic E-state index is 8.87. The summed E-state index contributed by atoms with van der Waals surface area (Å²) in [7, 11) is 0. The van der Waals surface area contributed by atoms with E-state index >= 15 is 0 Å². The van der Waals surface area contributed by atoms with Gasteiger partial charge in [0.25, 0.3) is 0 Å². The molecule has 0 spiro atoms. The largest absolute Gasteiger partial charge is 0.338 e. The van der Waals surface area contributed by atoms with Crippen molar-refractivity contribution in [3.8, 4) is 6.07 Å². The Balaban J connectivity index is 1.51. The summed E-state index contributed by atoms with van der Waals surface area (Å²) >= 11 is 17.6. The molecule has 2 aromatic carbocycles. The van der Waals surface area contributed by atoms with Gasteiger partial charge < -0.3 is 15.1 Å². The van der Waals surface area contributed by atoms with E-state index in [9.17, 15) is 0 Å². The summed E-state index contributed by atoms with van der Waals surface area (Å²) in [4.78, 5) is 3.69. The first kappa shape index (κ1) is 18.9. The first-order valence-electron chi connectivity index (χ1n) is 8.38. The maximum Gasteiger partial charge on any atom is 0.173 e. The molecule has 0 amide bonds. The molecular weight excluding hydrogens is 387 g/mol. The fourth-order valence-corrected chi connectivity index (χ4v) is 3.84. The highest BCUT2D eigenvalue weighted by molar-refractivity contribution is 7.80. The second kappa shape index (κ2) is 8.70. The average molecular weight is 406 g/mol. The highest BCUT2D eigenvalue weighted by Crippen LogP contribution is 2.22. The Kier molecular flexibility index (Phi) is 6.33. The van der Waals surface area contributed by atoms with Gasteiger partial charge in [0.1, 0.15) is 6.54 Å². The van der Waals surface area contributed by atoms with E-state index in [1.807, 2.05) is 36.4 Å². The van der Waals surface area contributed by atoms with Gasteiger partial charge in [-0.1, -0.05) is 35.3 Å². The van der Waals surface area contributed by atoms with E-state index in [0.29, 0.717) is 20.7 Å². The van der Waals surface area contributed by atoms with Gasteiger partial charge in [-0.25, -0.2) is 0 Å². The number of nitrogens with one attached hydrogen (secondary N) is 2. The van der Waals surface area contributed by atoms with Crippen LogP contribution in [0, 0.1) is 11.3 Å². The number of quaternary nitrogens is 1. The molecule has 1 saturated heterocycles. The molecule has 26 heavy (non-hydrogen) atoms. The summed E-state index contributed by atoms with van der Waals surface area (Å²) in [6.45, 7) is 4.78. The number of hydrogen-bond donors (Lipinski definition) is 2. The third kappa shape index (κ3) is 5.09. The van der Waals surface area contributed by atoms with Gasteiger partial charge in [-0.3, -0.25) is 0 Å². The zero-order chi connectivity index (χ0) is 18.5. The van der Waals surface area contributed by atoms with Gasteiger partial charge in [0.05, 0.1) is 37.8 Å². The highest BCUT2D eigenvalue weighted by atomic mass is 35.5. The SMILES string of the molecule is N#Cc1ccc(C[NH+]2CCN(C(=S)Nc3cc(Cl)cc(Cl)c3)CC2)cc1. The molecule has 4 nitrogen and oxygen atoms in total. The first-order valence-corrected chi connectivity index (χ1v) is 9.54. The number of rotatable bonds is 3. The number of hydrogen-bond acceptors (Lipinski definition) is 2. The Morgan fingerprint density at radius 2 is 1.73 bits per heavy atom. The van der Waals surface area contributed by atoms with E-state index < -0.39 is 0 Å². The normalized spacial score (nSPS) is 14.7. The molecule has 1 aliphatic rings. The topological polar surface area (TPSA) is 43.5 Å². The predicted molar refractivity (Wildman–Crippen MR) is 110 cm³/mol. The van der Waals surface area contributed by atoms with Crippen LogP contribution in [-0.2, 0) is 6.54 Å². The molecule has 2 N–H and O–H groups in total. The minimum Gasteiger partial charge on any atom is -0.338 e.